The number of nitrogens with zero attached hydrogens (tertiary/aromatic N) is 2. The van der Waals surface area contributed by atoms with Gasteiger partial charge in [-0.2, -0.15) is 0 Å². The van der Waals surface area contributed by atoms with E-state index in [2.05, 4.69) is 10.5 Å². The molecule has 2 amide bonds. The number of hydrogen-bond acceptors (Lipinski definition) is 7. The summed E-state index contributed by atoms with van der Waals surface area (Å²) in [6, 6.07) is 2.01. The third-order valence-corrected chi connectivity index (χ3v) is 7.13. The number of aromatic nitrogens is 1. The number of amides is 2. The smallest absolute Gasteiger partial charge is 0.548 e. The Hall–Kier alpha value is -1.59. The predicted molar refractivity (Wildman–Crippen MR) is 104 cm³/mol. The molecule has 158 valence electrons. The summed E-state index contributed by atoms with van der Waals surface area (Å²) in [5.74, 6) is -3.13. The van der Waals surface area contributed by atoms with Crippen molar-refractivity contribution in [2.24, 2.45) is 0 Å². The van der Waals surface area contributed by atoms with Gasteiger partial charge in [0, 0.05) is 4.75 Å². The van der Waals surface area contributed by atoms with Gasteiger partial charge in [-0.25, -0.2) is 4.39 Å². The maximum Gasteiger partial charge on any atom is 1.00 e. The molecule has 2 aliphatic rings. The number of thioether (sulfide) groups is 1. The number of carbonyl (C=O) groups is 3. The first-order valence-electron chi connectivity index (χ1n) is 8.97. The molecule has 2 fully saturated rings. The van der Waals surface area contributed by atoms with Crippen LogP contribution in [-0.4, -0.2) is 50.0 Å². The molecule has 1 aromatic carbocycles. The van der Waals surface area contributed by atoms with E-state index in [1.165, 1.54) is 41.8 Å². The molecule has 2 aromatic rings. The summed E-state index contributed by atoms with van der Waals surface area (Å²) in [7, 11) is 0. The molecule has 0 aliphatic carbocycles. The topological polar surface area (TPSA) is 116 Å². The molecule has 0 spiro atoms. The van der Waals surface area contributed by atoms with Crippen LogP contribution >= 0.6 is 23.4 Å². The van der Waals surface area contributed by atoms with Crippen molar-refractivity contribution < 1.29 is 58.0 Å². The van der Waals surface area contributed by atoms with E-state index in [1.807, 2.05) is 0 Å². The van der Waals surface area contributed by atoms with Crippen molar-refractivity contribution in [3.63, 3.8) is 0 Å². The Labute approximate surface area is 208 Å². The molecule has 0 bridgehead atoms. The number of carboxylic acid groups (broad SMARTS) is 1. The monoisotopic (exact) mass is 480 g/mol. The molecule has 0 radical (unpaired) electrons. The molecular formula is C19H16ClFN3NaO5S. The summed E-state index contributed by atoms with van der Waals surface area (Å²) in [5, 5.41) is 17.4. The van der Waals surface area contributed by atoms with Crippen LogP contribution in [0.15, 0.2) is 22.7 Å². The van der Waals surface area contributed by atoms with Crippen LogP contribution in [0.25, 0.3) is 11.3 Å². The molecule has 3 atom stereocenters. The van der Waals surface area contributed by atoms with E-state index in [-0.39, 0.29) is 57.2 Å². The van der Waals surface area contributed by atoms with E-state index < -0.39 is 45.8 Å². The number of carbonyl (C=O) groups excluding carboxylic acids is 3. The quantitative estimate of drug-likeness (QED) is 0.317. The molecule has 2 saturated heterocycles. The van der Waals surface area contributed by atoms with Crippen molar-refractivity contribution in [1.29, 1.82) is 0 Å². The Morgan fingerprint density at radius 3 is 2.68 bits per heavy atom. The van der Waals surface area contributed by atoms with Gasteiger partial charge in [0.15, 0.2) is 0 Å². The van der Waals surface area contributed by atoms with E-state index in [4.69, 9.17) is 16.1 Å². The minimum absolute atomic E-state index is 0. The molecular weight excluding hydrogens is 465 g/mol. The number of β-lactam (4-membered cyclic amide) rings is 1. The molecule has 1 N–H and O–H groups in total. The van der Waals surface area contributed by atoms with E-state index in [9.17, 15) is 23.9 Å². The number of nitrogens with one attached hydrogen (secondary N) is 1. The van der Waals surface area contributed by atoms with E-state index >= 15 is 0 Å². The van der Waals surface area contributed by atoms with Gasteiger partial charge in [0.25, 0.3) is 5.91 Å². The normalized spacial score (nSPS) is 23.6. The van der Waals surface area contributed by atoms with Gasteiger partial charge in [-0.05, 0) is 32.9 Å². The van der Waals surface area contributed by atoms with Crippen LogP contribution in [0.3, 0.4) is 0 Å². The number of aliphatic carboxylic acids is 1. The Kier molecular flexibility index (Phi) is 6.52. The van der Waals surface area contributed by atoms with Gasteiger partial charge in [0.05, 0.1) is 22.6 Å². The van der Waals surface area contributed by atoms with Crippen molar-refractivity contribution in [2.45, 2.75) is 43.0 Å². The van der Waals surface area contributed by atoms with Gasteiger partial charge in [-0.3, -0.25) is 9.59 Å². The number of aryl methyl sites for hydroxylation is 1. The van der Waals surface area contributed by atoms with E-state index in [0.29, 0.717) is 0 Å². The van der Waals surface area contributed by atoms with Gasteiger partial charge in [-0.1, -0.05) is 22.8 Å². The Morgan fingerprint density at radius 2 is 2.06 bits per heavy atom. The third kappa shape index (κ3) is 3.78. The largest absolute Gasteiger partial charge is 1.00 e. The summed E-state index contributed by atoms with van der Waals surface area (Å²) in [6.07, 6.45) is 0. The Bertz CT molecular complexity index is 1070. The third-order valence-electron chi connectivity index (χ3n) is 5.24. The Morgan fingerprint density at radius 1 is 1.39 bits per heavy atom. The van der Waals surface area contributed by atoms with Gasteiger partial charge in [0.2, 0.25) is 5.91 Å². The minimum Gasteiger partial charge on any atom is -0.548 e. The summed E-state index contributed by atoms with van der Waals surface area (Å²) in [4.78, 5) is 38.3. The van der Waals surface area contributed by atoms with Crippen LogP contribution in [0.2, 0.25) is 5.02 Å². The van der Waals surface area contributed by atoms with Gasteiger partial charge < -0.3 is 24.6 Å². The molecule has 12 heteroatoms. The molecule has 31 heavy (non-hydrogen) atoms. The SMILES string of the molecule is CC1(C)S[C@@H]2[C@H](N[13C](=O)[13c]3c(-c4c(F)cccc4Cl)[15n]o[13c]3[13CH3])C(=O)N2[C@H]1C(=O)[O-].[Na+]. The van der Waals surface area contributed by atoms with Crippen molar-refractivity contribution >= 4 is 41.1 Å². The fourth-order valence-corrected chi connectivity index (χ4v) is 5.75. The molecule has 2 aliphatic heterocycles. The first-order chi connectivity index (χ1) is 14.0. The summed E-state index contributed by atoms with van der Waals surface area (Å²) in [5.41, 5.74) is -0.216. The number of rotatable bonds is 4. The fraction of sp³-hybridized carbons (Fsp3) is 0.368. The summed E-state index contributed by atoms with van der Waals surface area (Å²) < 4.78 is 18.7. The first-order valence-corrected chi connectivity index (χ1v) is 10.2. The van der Waals surface area contributed by atoms with Crippen molar-refractivity contribution in [3.8, 4) is 11.3 Å². The summed E-state index contributed by atoms with van der Waals surface area (Å²) in [6.45, 7) is 4.88. The predicted octanol–water partition coefficient (Wildman–Crippen LogP) is -1.64. The van der Waals surface area contributed by atoms with Crippen LogP contribution in [-0.2, 0) is 9.59 Å². The van der Waals surface area contributed by atoms with Gasteiger partial charge in [0.1, 0.15) is 34.3 Å². The zero-order chi connectivity index (χ0) is 22.0. The van der Waals surface area contributed by atoms with Gasteiger partial charge in [-0.15, -0.1) is 11.8 Å². The second kappa shape index (κ2) is 8.40. The Balaban J connectivity index is 0.00000272. The van der Waals surface area contributed by atoms with Crippen LogP contribution < -0.4 is 40.0 Å². The molecule has 1 aromatic heterocycles. The maximum atomic E-state index is 14.3. The minimum atomic E-state index is -1.35. The zero-order valence-corrected chi connectivity index (χ0v) is 20.6. The second-order valence-corrected chi connectivity index (χ2v) is 9.77. The molecule has 0 unspecified atom stereocenters. The number of carboxylic acids is 1. The average Bonchev–Trinajstić information content (AvgIpc) is 3.14. The van der Waals surface area contributed by atoms with Crippen LogP contribution in [0.5, 0.6) is 0 Å². The zero-order valence-electron chi connectivity index (χ0n) is 17.1. The maximum absolute atomic E-state index is 14.3. The van der Waals surface area contributed by atoms with Crippen molar-refractivity contribution in [2.75, 3.05) is 0 Å². The van der Waals surface area contributed by atoms with E-state index in [1.54, 1.807) is 13.8 Å². The standard InChI is InChI=1S/C19H17ClFN3O5S.Na/c1-7-10(12(23-29-7)11-8(20)5-4-6-9(11)21)15(25)22-13-16(26)24-14(18(27)28)19(2,3)30-17(13)24;/h4-6,13-14,17H,1-3H3,(H,22,25)(H,27,28);/q;+1/p-1/t13-,14+,17-;/m1./s1/i1+1,7+1,10+1,15+1,23+1;. The molecule has 3 heterocycles. The molecule has 8 nitrogen and oxygen atoms in total. The average molecular weight is 481 g/mol. The van der Waals surface area contributed by atoms with Crippen molar-refractivity contribution in [1.82, 2.24) is 15.4 Å². The number of fused-ring (bicyclic) bond motifs is 1. The number of halogens is 2. The molecule has 4 rings (SSSR count). The molecule has 0 saturated carbocycles. The number of hydrogen-bond donors (Lipinski definition) is 1. The summed E-state index contributed by atoms with van der Waals surface area (Å²) >= 11 is 7.35. The van der Waals surface area contributed by atoms with Crippen LogP contribution in [0.1, 0.15) is 30.0 Å². The number of benzene rings is 1. The fourth-order valence-electron chi connectivity index (χ4n) is 3.87. The van der Waals surface area contributed by atoms with Crippen LogP contribution in [0.4, 0.5) is 4.39 Å². The van der Waals surface area contributed by atoms with E-state index in [0.717, 1.165) is 0 Å². The van der Waals surface area contributed by atoms with Crippen molar-refractivity contribution in [3.05, 3.63) is 40.4 Å². The van der Waals surface area contributed by atoms with Gasteiger partial charge >= 0.3 is 29.6 Å². The first kappa shape index (κ1) is 24.1. The van der Waals surface area contributed by atoms with Crippen LogP contribution in [0, 0.1) is 12.7 Å². The second-order valence-electron chi connectivity index (χ2n) is 7.59.